The Morgan fingerprint density at radius 2 is 2.11 bits per heavy atom. The van der Waals surface area contributed by atoms with Gasteiger partial charge in [-0.15, -0.1) is 0 Å². The summed E-state index contributed by atoms with van der Waals surface area (Å²) in [6, 6.07) is 7.48. The predicted octanol–water partition coefficient (Wildman–Crippen LogP) is 1.18. The minimum atomic E-state index is -0.344. The maximum atomic E-state index is 12.0. The molecule has 1 aliphatic rings. The highest BCUT2D eigenvalue weighted by molar-refractivity contribution is 5.91. The summed E-state index contributed by atoms with van der Waals surface area (Å²) in [4.78, 5) is 12.0. The van der Waals surface area contributed by atoms with Crippen molar-refractivity contribution in [2.75, 3.05) is 0 Å². The summed E-state index contributed by atoms with van der Waals surface area (Å²) in [6.07, 6.45) is 2.32. The van der Waals surface area contributed by atoms with E-state index in [1.807, 2.05) is 31.2 Å². The highest BCUT2D eigenvalue weighted by Gasteiger charge is 2.35. The summed E-state index contributed by atoms with van der Waals surface area (Å²) in [7, 11) is 0. The molecule has 1 aromatic carbocycles. The second-order valence-electron chi connectivity index (χ2n) is 5.07. The van der Waals surface area contributed by atoms with Crippen molar-refractivity contribution in [3.8, 4) is 0 Å². The number of nitrogens with two attached hydrogens (primary N) is 1. The van der Waals surface area contributed by atoms with Crippen LogP contribution in [0.15, 0.2) is 29.4 Å². The Balaban J connectivity index is 1.94. The van der Waals surface area contributed by atoms with Crippen molar-refractivity contribution in [2.24, 2.45) is 16.8 Å². The van der Waals surface area contributed by atoms with E-state index in [0.29, 0.717) is 12.3 Å². The van der Waals surface area contributed by atoms with Crippen LogP contribution in [-0.4, -0.2) is 23.0 Å². The smallest absolute Gasteiger partial charge is 0.225 e. The van der Waals surface area contributed by atoms with Gasteiger partial charge in [0.2, 0.25) is 5.91 Å². The van der Waals surface area contributed by atoms with Crippen LogP contribution in [0.5, 0.6) is 0 Å². The van der Waals surface area contributed by atoms with Crippen LogP contribution in [0, 0.1) is 12.8 Å². The van der Waals surface area contributed by atoms with Gasteiger partial charge < -0.3 is 16.3 Å². The van der Waals surface area contributed by atoms with Crippen molar-refractivity contribution in [2.45, 2.75) is 32.2 Å². The maximum Gasteiger partial charge on any atom is 0.225 e. The third-order valence-corrected chi connectivity index (χ3v) is 3.33. The van der Waals surface area contributed by atoms with Crippen LogP contribution in [0.25, 0.3) is 0 Å². The molecule has 5 nitrogen and oxygen atoms in total. The molecule has 1 aliphatic carbocycles. The zero-order chi connectivity index (χ0) is 13.8. The molecule has 19 heavy (non-hydrogen) atoms. The van der Waals surface area contributed by atoms with Crippen molar-refractivity contribution in [3.05, 3.63) is 35.4 Å². The third kappa shape index (κ3) is 3.71. The number of rotatable bonds is 5. The van der Waals surface area contributed by atoms with Gasteiger partial charge in [0.1, 0.15) is 0 Å². The van der Waals surface area contributed by atoms with E-state index in [0.717, 1.165) is 24.0 Å². The summed E-state index contributed by atoms with van der Waals surface area (Å²) in [5.74, 6) is 0.282. The summed E-state index contributed by atoms with van der Waals surface area (Å²) in [6.45, 7) is 2.01. The number of carbonyl (C=O) groups excluding carboxylic acids is 1. The standard InChI is InChI=1S/C14H19N3O2/c1-9-2-4-10(5-3-9)8-12(18)16-13(11-6-7-11)14(15)17-19/h2-5,11,13,19H,6-8H2,1H3,(H2,15,17)(H,16,18). The van der Waals surface area contributed by atoms with Crippen LogP contribution >= 0.6 is 0 Å². The monoisotopic (exact) mass is 261 g/mol. The Morgan fingerprint density at radius 1 is 1.47 bits per heavy atom. The number of hydrogen-bond donors (Lipinski definition) is 3. The molecule has 1 unspecified atom stereocenters. The molecule has 0 spiro atoms. The Kier molecular flexibility index (Phi) is 4.04. The van der Waals surface area contributed by atoms with E-state index in [9.17, 15) is 4.79 Å². The largest absolute Gasteiger partial charge is 0.409 e. The first-order chi connectivity index (χ1) is 9.10. The van der Waals surface area contributed by atoms with Crippen molar-refractivity contribution in [3.63, 3.8) is 0 Å². The van der Waals surface area contributed by atoms with Gasteiger partial charge in [-0.05, 0) is 31.2 Å². The van der Waals surface area contributed by atoms with E-state index in [-0.39, 0.29) is 17.8 Å². The molecule has 4 N–H and O–H groups in total. The highest BCUT2D eigenvalue weighted by Crippen LogP contribution is 2.32. The first-order valence-electron chi connectivity index (χ1n) is 6.42. The number of carbonyl (C=O) groups is 1. The van der Waals surface area contributed by atoms with Gasteiger partial charge in [-0.25, -0.2) is 0 Å². The highest BCUT2D eigenvalue weighted by atomic mass is 16.4. The van der Waals surface area contributed by atoms with Gasteiger partial charge in [0.05, 0.1) is 12.5 Å². The van der Waals surface area contributed by atoms with Crippen LogP contribution in [-0.2, 0) is 11.2 Å². The van der Waals surface area contributed by atoms with Gasteiger partial charge in [-0.2, -0.15) is 0 Å². The summed E-state index contributed by atoms with van der Waals surface area (Å²) >= 11 is 0. The zero-order valence-corrected chi connectivity index (χ0v) is 11.0. The fraction of sp³-hybridized carbons (Fsp3) is 0.429. The first kappa shape index (κ1) is 13.4. The Labute approximate surface area is 112 Å². The molecule has 2 rings (SSSR count). The molecule has 0 saturated heterocycles. The lowest BCUT2D eigenvalue weighted by Gasteiger charge is -2.16. The molecule has 102 valence electrons. The number of nitrogens with zero attached hydrogens (tertiary/aromatic N) is 1. The molecule has 1 fully saturated rings. The molecule has 1 amide bonds. The van der Waals surface area contributed by atoms with E-state index in [2.05, 4.69) is 10.5 Å². The first-order valence-corrected chi connectivity index (χ1v) is 6.42. The minimum Gasteiger partial charge on any atom is -0.409 e. The Bertz CT molecular complexity index is 478. The fourth-order valence-corrected chi connectivity index (χ4v) is 2.04. The van der Waals surface area contributed by atoms with Gasteiger partial charge >= 0.3 is 0 Å². The lowest BCUT2D eigenvalue weighted by molar-refractivity contribution is -0.120. The molecule has 0 radical (unpaired) electrons. The van der Waals surface area contributed by atoms with Crippen molar-refractivity contribution < 1.29 is 10.0 Å². The predicted molar refractivity (Wildman–Crippen MR) is 72.9 cm³/mol. The van der Waals surface area contributed by atoms with Crippen LogP contribution in [0.1, 0.15) is 24.0 Å². The Morgan fingerprint density at radius 3 is 2.63 bits per heavy atom. The summed E-state index contributed by atoms with van der Waals surface area (Å²) < 4.78 is 0. The number of amides is 1. The number of aryl methyl sites for hydroxylation is 1. The van der Waals surface area contributed by atoms with Crippen molar-refractivity contribution in [1.82, 2.24) is 5.32 Å². The number of amidine groups is 1. The molecule has 5 heteroatoms. The molecule has 1 atom stereocenters. The van der Waals surface area contributed by atoms with Gasteiger partial charge in [0.15, 0.2) is 5.84 Å². The van der Waals surface area contributed by atoms with Crippen molar-refractivity contribution >= 4 is 11.7 Å². The summed E-state index contributed by atoms with van der Waals surface area (Å²) in [5.41, 5.74) is 7.72. The van der Waals surface area contributed by atoms with Crippen molar-refractivity contribution in [1.29, 1.82) is 0 Å². The second kappa shape index (κ2) is 5.73. The van der Waals surface area contributed by atoms with Crippen LogP contribution in [0.2, 0.25) is 0 Å². The molecule has 1 saturated carbocycles. The van der Waals surface area contributed by atoms with E-state index < -0.39 is 0 Å². The van der Waals surface area contributed by atoms with Crippen LogP contribution in [0.4, 0.5) is 0 Å². The normalized spacial score (nSPS) is 17.0. The van der Waals surface area contributed by atoms with Gasteiger partial charge in [0.25, 0.3) is 0 Å². The van der Waals surface area contributed by atoms with Gasteiger partial charge in [0, 0.05) is 0 Å². The van der Waals surface area contributed by atoms with E-state index >= 15 is 0 Å². The molecule has 1 aromatic rings. The topological polar surface area (TPSA) is 87.7 Å². The average molecular weight is 261 g/mol. The van der Waals surface area contributed by atoms with E-state index in [4.69, 9.17) is 10.9 Å². The lowest BCUT2D eigenvalue weighted by atomic mass is 10.1. The molecule has 0 aliphatic heterocycles. The van der Waals surface area contributed by atoms with Gasteiger partial charge in [-0.3, -0.25) is 4.79 Å². The maximum absolute atomic E-state index is 12.0. The number of nitrogens with one attached hydrogen (secondary N) is 1. The van der Waals surface area contributed by atoms with Gasteiger partial charge in [-0.1, -0.05) is 35.0 Å². The number of oxime groups is 1. The van der Waals surface area contributed by atoms with E-state index in [1.165, 1.54) is 0 Å². The average Bonchev–Trinajstić information content (AvgIpc) is 3.22. The zero-order valence-electron chi connectivity index (χ0n) is 11.0. The number of hydrogen-bond acceptors (Lipinski definition) is 3. The Hall–Kier alpha value is -2.04. The number of benzene rings is 1. The molecular formula is C14H19N3O2. The fourth-order valence-electron chi connectivity index (χ4n) is 2.04. The molecule has 0 aromatic heterocycles. The molecular weight excluding hydrogens is 242 g/mol. The van der Waals surface area contributed by atoms with Crippen LogP contribution in [0.3, 0.4) is 0 Å². The molecule has 0 heterocycles. The SMILES string of the molecule is Cc1ccc(CC(=O)NC(C(N)=NO)C2CC2)cc1. The minimum absolute atomic E-state index is 0.0831. The second-order valence-corrected chi connectivity index (χ2v) is 5.07. The van der Waals surface area contributed by atoms with Crippen LogP contribution < -0.4 is 11.1 Å². The quantitative estimate of drug-likeness (QED) is 0.322. The van der Waals surface area contributed by atoms with E-state index in [1.54, 1.807) is 0 Å². The summed E-state index contributed by atoms with van der Waals surface area (Å²) in [5, 5.41) is 14.6. The molecule has 0 bridgehead atoms. The lowest BCUT2D eigenvalue weighted by Crippen LogP contribution is -2.46. The third-order valence-electron chi connectivity index (χ3n) is 3.33.